The number of rotatable bonds is 4. The first-order valence-corrected chi connectivity index (χ1v) is 6.57. The van der Waals surface area contributed by atoms with Crippen LogP contribution in [0.1, 0.15) is 32.8 Å². The molecule has 1 aromatic rings. The zero-order chi connectivity index (χ0) is 15.2. The highest BCUT2D eigenvalue weighted by molar-refractivity contribution is 5.75. The van der Waals surface area contributed by atoms with Crippen molar-refractivity contribution in [1.82, 2.24) is 5.32 Å². The lowest BCUT2D eigenvalue weighted by molar-refractivity contribution is 0.0529. The van der Waals surface area contributed by atoms with Gasteiger partial charge in [0.05, 0.1) is 11.4 Å². The molecule has 0 saturated carbocycles. The average molecular weight is 277 g/mol. The van der Waals surface area contributed by atoms with E-state index in [2.05, 4.69) is 5.32 Å². The Bertz CT molecular complexity index is 490. The number of nitrogens with one attached hydrogen (secondary N) is 1. The fraction of sp³-hybridized carbons (Fsp3) is 0.400. The van der Waals surface area contributed by atoms with Crippen LogP contribution in [0.3, 0.4) is 0 Å². The summed E-state index contributed by atoms with van der Waals surface area (Å²) in [5.74, 6) is 0. The fourth-order valence-corrected chi connectivity index (χ4v) is 1.53. The molecule has 0 bridgehead atoms. The minimum atomic E-state index is -0.476. The number of anilines is 2. The number of ether oxygens (including phenoxy) is 1. The first kappa shape index (κ1) is 15.9. The van der Waals surface area contributed by atoms with E-state index in [9.17, 15) is 4.79 Å². The second-order valence-corrected chi connectivity index (χ2v) is 5.47. The third-order valence-corrected chi connectivity index (χ3v) is 2.45. The second-order valence-electron chi connectivity index (χ2n) is 5.47. The summed E-state index contributed by atoms with van der Waals surface area (Å²) >= 11 is 0. The summed E-state index contributed by atoms with van der Waals surface area (Å²) in [6.07, 6.45) is 4.10. The molecule has 0 heterocycles. The summed E-state index contributed by atoms with van der Waals surface area (Å²) in [4.78, 5) is 11.4. The third-order valence-electron chi connectivity index (χ3n) is 2.45. The Balaban J connectivity index is 2.36. The molecule has 1 aromatic carbocycles. The maximum Gasteiger partial charge on any atom is 0.407 e. The van der Waals surface area contributed by atoms with Crippen LogP contribution in [-0.2, 0) is 4.74 Å². The van der Waals surface area contributed by atoms with E-state index >= 15 is 0 Å². The van der Waals surface area contributed by atoms with Crippen molar-refractivity contribution < 1.29 is 9.53 Å². The number of carbonyl (C=O) groups is 1. The van der Waals surface area contributed by atoms with Crippen LogP contribution in [0.5, 0.6) is 0 Å². The number of benzene rings is 1. The lowest BCUT2D eigenvalue weighted by Crippen LogP contribution is -2.32. The molecule has 0 saturated heterocycles. The van der Waals surface area contributed by atoms with Crippen molar-refractivity contribution >= 4 is 23.5 Å². The van der Waals surface area contributed by atoms with Gasteiger partial charge in [-0.15, -0.1) is 0 Å². The van der Waals surface area contributed by atoms with Crippen molar-refractivity contribution in [2.75, 3.05) is 18.0 Å². The number of amides is 1. The van der Waals surface area contributed by atoms with Crippen molar-refractivity contribution in [3.63, 3.8) is 0 Å². The number of hydrogen-bond donors (Lipinski definition) is 3. The topological polar surface area (TPSA) is 90.4 Å². The Labute approximate surface area is 120 Å². The van der Waals surface area contributed by atoms with E-state index in [0.717, 1.165) is 5.56 Å². The first-order valence-electron chi connectivity index (χ1n) is 6.57. The van der Waals surface area contributed by atoms with Crippen LogP contribution in [0.4, 0.5) is 16.2 Å². The van der Waals surface area contributed by atoms with Crippen molar-refractivity contribution in [2.24, 2.45) is 0 Å². The normalized spacial score (nSPS) is 11.6. The molecule has 5 heteroatoms. The SMILES string of the molecule is CC(C)(C)OC(=O)NCCC=Cc1cccc(N)c1N. The molecule has 0 aliphatic heterocycles. The lowest BCUT2D eigenvalue weighted by atomic mass is 10.1. The van der Waals surface area contributed by atoms with Crippen molar-refractivity contribution in [3.8, 4) is 0 Å². The van der Waals surface area contributed by atoms with Gasteiger partial charge in [-0.25, -0.2) is 4.79 Å². The highest BCUT2D eigenvalue weighted by atomic mass is 16.6. The smallest absolute Gasteiger partial charge is 0.407 e. The van der Waals surface area contributed by atoms with E-state index in [4.69, 9.17) is 16.2 Å². The van der Waals surface area contributed by atoms with E-state index in [-0.39, 0.29) is 0 Å². The van der Waals surface area contributed by atoms with E-state index in [1.807, 2.05) is 45.1 Å². The third kappa shape index (κ3) is 5.65. The van der Waals surface area contributed by atoms with Crippen molar-refractivity contribution in [3.05, 3.63) is 29.8 Å². The van der Waals surface area contributed by atoms with Crippen LogP contribution in [0.25, 0.3) is 6.08 Å². The molecule has 0 unspecified atom stereocenters. The van der Waals surface area contributed by atoms with Gasteiger partial charge in [-0.3, -0.25) is 0 Å². The molecule has 0 aliphatic carbocycles. The molecule has 5 nitrogen and oxygen atoms in total. The van der Waals surface area contributed by atoms with Crippen LogP contribution in [-0.4, -0.2) is 18.2 Å². The van der Waals surface area contributed by atoms with Gasteiger partial charge >= 0.3 is 6.09 Å². The van der Waals surface area contributed by atoms with Gasteiger partial charge in [0.2, 0.25) is 0 Å². The van der Waals surface area contributed by atoms with Crippen LogP contribution in [0.15, 0.2) is 24.3 Å². The van der Waals surface area contributed by atoms with Gasteiger partial charge in [-0.05, 0) is 38.8 Å². The van der Waals surface area contributed by atoms with Gasteiger partial charge in [-0.1, -0.05) is 24.3 Å². The number of nitrogens with two attached hydrogens (primary N) is 2. The maximum absolute atomic E-state index is 11.4. The Morgan fingerprint density at radius 2 is 2.05 bits per heavy atom. The number of alkyl carbamates (subject to hydrolysis) is 1. The molecular formula is C15H23N3O2. The number of carbonyl (C=O) groups excluding carboxylic acids is 1. The van der Waals surface area contributed by atoms with Crippen LogP contribution in [0.2, 0.25) is 0 Å². The van der Waals surface area contributed by atoms with Crippen LogP contribution >= 0.6 is 0 Å². The van der Waals surface area contributed by atoms with Gasteiger partial charge in [0.1, 0.15) is 5.60 Å². The Morgan fingerprint density at radius 3 is 2.70 bits per heavy atom. The summed E-state index contributed by atoms with van der Waals surface area (Å²) in [6.45, 7) is 5.99. The Kier molecular flexibility index (Phi) is 5.43. The summed E-state index contributed by atoms with van der Waals surface area (Å²) < 4.78 is 5.13. The average Bonchev–Trinajstić information content (AvgIpc) is 2.31. The Morgan fingerprint density at radius 1 is 1.35 bits per heavy atom. The molecule has 1 amide bonds. The highest BCUT2D eigenvalue weighted by Gasteiger charge is 2.15. The molecule has 0 aromatic heterocycles. The minimum Gasteiger partial charge on any atom is -0.444 e. The molecule has 20 heavy (non-hydrogen) atoms. The van der Waals surface area contributed by atoms with Gasteiger partial charge in [-0.2, -0.15) is 0 Å². The standard InChI is InChI=1S/C15H23N3O2/c1-15(2,3)20-14(19)18-10-5-4-7-11-8-6-9-12(16)13(11)17/h4,6-9H,5,10,16-17H2,1-3H3,(H,18,19). The summed E-state index contributed by atoms with van der Waals surface area (Å²) in [5, 5.41) is 2.68. The van der Waals surface area contributed by atoms with Gasteiger partial charge in [0.25, 0.3) is 0 Å². The Hall–Kier alpha value is -2.17. The molecule has 1 rings (SSSR count). The second kappa shape index (κ2) is 6.84. The molecule has 110 valence electrons. The molecule has 5 N–H and O–H groups in total. The predicted octanol–water partition coefficient (Wildman–Crippen LogP) is 2.78. The van der Waals surface area contributed by atoms with Crippen LogP contribution in [0, 0.1) is 0 Å². The lowest BCUT2D eigenvalue weighted by Gasteiger charge is -2.19. The van der Waals surface area contributed by atoms with E-state index in [1.54, 1.807) is 6.07 Å². The molecular weight excluding hydrogens is 254 g/mol. The van der Waals surface area contributed by atoms with Crippen LogP contribution < -0.4 is 16.8 Å². The molecule has 0 aliphatic rings. The van der Waals surface area contributed by atoms with Crippen molar-refractivity contribution in [2.45, 2.75) is 32.8 Å². The number of nitrogen functional groups attached to an aromatic ring is 2. The van der Waals surface area contributed by atoms with E-state index in [0.29, 0.717) is 24.3 Å². The monoisotopic (exact) mass is 277 g/mol. The quantitative estimate of drug-likeness (QED) is 0.583. The van der Waals surface area contributed by atoms with E-state index < -0.39 is 11.7 Å². The molecule has 0 radical (unpaired) electrons. The summed E-state index contributed by atoms with van der Waals surface area (Å²) in [7, 11) is 0. The fourth-order valence-electron chi connectivity index (χ4n) is 1.53. The minimum absolute atomic E-state index is 0.408. The summed E-state index contributed by atoms with van der Waals surface area (Å²) in [5.41, 5.74) is 13.1. The first-order chi connectivity index (χ1) is 9.29. The predicted molar refractivity (Wildman–Crippen MR) is 83.2 cm³/mol. The molecule has 0 atom stereocenters. The number of hydrogen-bond acceptors (Lipinski definition) is 4. The van der Waals surface area contributed by atoms with Gasteiger partial charge in [0.15, 0.2) is 0 Å². The summed E-state index contributed by atoms with van der Waals surface area (Å²) in [6, 6.07) is 5.50. The zero-order valence-corrected chi connectivity index (χ0v) is 12.3. The zero-order valence-electron chi connectivity index (χ0n) is 12.3. The molecule has 0 spiro atoms. The molecule has 0 fully saturated rings. The highest BCUT2D eigenvalue weighted by Crippen LogP contribution is 2.20. The van der Waals surface area contributed by atoms with Gasteiger partial charge < -0.3 is 21.5 Å². The van der Waals surface area contributed by atoms with Gasteiger partial charge in [0, 0.05) is 6.54 Å². The van der Waals surface area contributed by atoms with Crippen molar-refractivity contribution in [1.29, 1.82) is 0 Å². The largest absolute Gasteiger partial charge is 0.444 e. The maximum atomic E-state index is 11.4. The number of para-hydroxylation sites is 1. The van der Waals surface area contributed by atoms with E-state index in [1.165, 1.54) is 0 Å².